The van der Waals surface area contributed by atoms with Crippen LogP contribution in [0.4, 0.5) is 0 Å². The summed E-state index contributed by atoms with van der Waals surface area (Å²) in [6.45, 7) is 5.52. The number of nitriles is 1. The zero-order chi connectivity index (χ0) is 13.0. The predicted octanol–water partition coefficient (Wildman–Crippen LogP) is 2.85. The van der Waals surface area contributed by atoms with Crippen LogP contribution < -0.4 is 5.32 Å². The summed E-state index contributed by atoms with van der Waals surface area (Å²) in [7, 11) is 0. The highest BCUT2D eigenvalue weighted by Gasteiger charge is 2.15. The second-order valence-electron chi connectivity index (χ2n) is 5.28. The van der Waals surface area contributed by atoms with Gasteiger partial charge in [0.2, 0.25) is 0 Å². The first kappa shape index (κ1) is 12.7. The van der Waals surface area contributed by atoms with Gasteiger partial charge in [0.05, 0.1) is 11.5 Å². The maximum Gasteiger partial charge on any atom is 0.0697 e. The van der Waals surface area contributed by atoms with Crippen molar-refractivity contribution in [2.75, 3.05) is 13.1 Å². The van der Waals surface area contributed by atoms with Crippen molar-refractivity contribution in [3.8, 4) is 6.07 Å². The molecule has 3 heteroatoms. The Kier molecular flexibility index (Phi) is 3.69. The molecule has 0 amide bonds. The molecule has 0 aliphatic rings. The van der Waals surface area contributed by atoms with Crippen molar-refractivity contribution in [1.29, 1.82) is 5.26 Å². The minimum atomic E-state index is -0.291. The van der Waals surface area contributed by atoms with Gasteiger partial charge < -0.3 is 10.3 Å². The summed E-state index contributed by atoms with van der Waals surface area (Å²) in [6, 6.07) is 10.6. The fourth-order valence-corrected chi connectivity index (χ4v) is 2.00. The monoisotopic (exact) mass is 241 g/mol. The largest absolute Gasteiger partial charge is 0.361 e. The van der Waals surface area contributed by atoms with E-state index in [1.165, 1.54) is 16.5 Å². The average Bonchev–Trinajstić information content (AvgIpc) is 2.78. The Labute approximate surface area is 108 Å². The molecule has 0 saturated heterocycles. The number of hydrogen-bond donors (Lipinski definition) is 2. The molecule has 2 rings (SSSR count). The summed E-state index contributed by atoms with van der Waals surface area (Å²) in [5, 5.41) is 13.6. The van der Waals surface area contributed by atoms with Gasteiger partial charge in [-0.25, -0.2) is 0 Å². The van der Waals surface area contributed by atoms with Gasteiger partial charge in [-0.05, 0) is 38.4 Å². The van der Waals surface area contributed by atoms with Crippen LogP contribution in [0.5, 0.6) is 0 Å². The van der Waals surface area contributed by atoms with Crippen molar-refractivity contribution in [1.82, 2.24) is 10.3 Å². The molecule has 0 aliphatic carbocycles. The van der Waals surface area contributed by atoms with Gasteiger partial charge in [-0.2, -0.15) is 5.26 Å². The minimum Gasteiger partial charge on any atom is -0.361 e. The van der Waals surface area contributed by atoms with Crippen LogP contribution in [0.1, 0.15) is 19.4 Å². The highest BCUT2D eigenvalue weighted by molar-refractivity contribution is 5.83. The van der Waals surface area contributed by atoms with Crippen molar-refractivity contribution in [3.05, 3.63) is 36.0 Å². The number of aromatic nitrogens is 1. The molecule has 2 N–H and O–H groups in total. The summed E-state index contributed by atoms with van der Waals surface area (Å²) >= 11 is 0. The Morgan fingerprint density at radius 1 is 1.33 bits per heavy atom. The molecule has 0 unspecified atom stereocenters. The molecule has 3 nitrogen and oxygen atoms in total. The maximum absolute atomic E-state index is 8.92. The van der Waals surface area contributed by atoms with Crippen LogP contribution >= 0.6 is 0 Å². The molecular formula is C15H19N3. The van der Waals surface area contributed by atoms with E-state index >= 15 is 0 Å². The summed E-state index contributed by atoms with van der Waals surface area (Å²) in [4.78, 5) is 3.28. The van der Waals surface area contributed by atoms with Crippen LogP contribution in [0, 0.1) is 16.7 Å². The van der Waals surface area contributed by atoms with Crippen molar-refractivity contribution in [2.24, 2.45) is 5.41 Å². The Balaban J connectivity index is 1.90. The summed E-state index contributed by atoms with van der Waals surface area (Å²) in [5.41, 5.74) is 2.22. The number of rotatable bonds is 5. The van der Waals surface area contributed by atoms with E-state index in [4.69, 9.17) is 5.26 Å². The van der Waals surface area contributed by atoms with E-state index in [9.17, 15) is 0 Å². The molecule has 0 spiro atoms. The van der Waals surface area contributed by atoms with Crippen LogP contribution in [0.15, 0.2) is 30.5 Å². The van der Waals surface area contributed by atoms with Crippen molar-refractivity contribution < 1.29 is 0 Å². The minimum absolute atomic E-state index is 0.291. The fraction of sp³-hybridized carbons (Fsp3) is 0.400. The molecule has 94 valence electrons. The second-order valence-corrected chi connectivity index (χ2v) is 5.28. The van der Waals surface area contributed by atoms with E-state index in [2.05, 4.69) is 40.8 Å². The highest BCUT2D eigenvalue weighted by atomic mass is 14.9. The quantitative estimate of drug-likeness (QED) is 0.791. The van der Waals surface area contributed by atoms with Gasteiger partial charge in [0.15, 0.2) is 0 Å². The van der Waals surface area contributed by atoms with Crippen molar-refractivity contribution in [2.45, 2.75) is 20.3 Å². The molecule has 0 saturated carbocycles. The standard InChI is InChI=1S/C15H19N3/c1-15(2,10-16)11-17-8-7-12-9-18-14-6-4-3-5-13(12)14/h3-6,9,17-18H,7-8,11H2,1-2H3. The normalized spacial score (nSPS) is 11.6. The first-order valence-electron chi connectivity index (χ1n) is 6.29. The lowest BCUT2D eigenvalue weighted by molar-refractivity contribution is 0.448. The Morgan fingerprint density at radius 3 is 2.89 bits per heavy atom. The molecule has 1 aromatic heterocycles. The van der Waals surface area contributed by atoms with Crippen molar-refractivity contribution >= 4 is 10.9 Å². The third-order valence-electron chi connectivity index (χ3n) is 3.12. The Morgan fingerprint density at radius 2 is 2.11 bits per heavy atom. The molecule has 0 aliphatic heterocycles. The van der Waals surface area contributed by atoms with E-state index in [1.54, 1.807) is 0 Å². The lowest BCUT2D eigenvalue weighted by Crippen LogP contribution is -2.29. The molecular weight excluding hydrogens is 222 g/mol. The number of fused-ring (bicyclic) bond motifs is 1. The molecule has 0 fully saturated rings. The number of nitrogens with zero attached hydrogens (tertiary/aromatic N) is 1. The first-order chi connectivity index (χ1) is 8.62. The summed E-state index contributed by atoms with van der Waals surface area (Å²) < 4.78 is 0. The maximum atomic E-state index is 8.92. The smallest absolute Gasteiger partial charge is 0.0697 e. The third-order valence-corrected chi connectivity index (χ3v) is 3.12. The molecule has 0 bridgehead atoms. The third kappa shape index (κ3) is 2.91. The van der Waals surface area contributed by atoms with Crippen molar-refractivity contribution in [3.63, 3.8) is 0 Å². The van der Waals surface area contributed by atoms with E-state index in [-0.39, 0.29) is 5.41 Å². The number of hydrogen-bond acceptors (Lipinski definition) is 2. The first-order valence-corrected chi connectivity index (χ1v) is 6.29. The van der Waals surface area contributed by atoms with Crippen LogP contribution in [-0.2, 0) is 6.42 Å². The Bertz CT molecular complexity index is 560. The van der Waals surface area contributed by atoms with E-state index in [1.807, 2.05) is 19.9 Å². The van der Waals surface area contributed by atoms with Crippen LogP contribution in [0.25, 0.3) is 10.9 Å². The average molecular weight is 241 g/mol. The number of nitrogens with one attached hydrogen (secondary N) is 2. The highest BCUT2D eigenvalue weighted by Crippen LogP contribution is 2.17. The van der Waals surface area contributed by atoms with Crippen LogP contribution in [-0.4, -0.2) is 18.1 Å². The number of aromatic amines is 1. The number of benzene rings is 1. The van der Waals surface area contributed by atoms with Gasteiger partial charge in [0, 0.05) is 23.6 Å². The number of para-hydroxylation sites is 1. The molecule has 1 heterocycles. The summed E-state index contributed by atoms with van der Waals surface area (Å²) in [6.07, 6.45) is 3.05. The zero-order valence-corrected chi connectivity index (χ0v) is 11.0. The molecule has 2 aromatic rings. The van der Waals surface area contributed by atoms with Gasteiger partial charge in [-0.15, -0.1) is 0 Å². The molecule has 0 radical (unpaired) electrons. The zero-order valence-electron chi connectivity index (χ0n) is 11.0. The lowest BCUT2D eigenvalue weighted by atomic mass is 9.96. The summed E-state index contributed by atoms with van der Waals surface area (Å²) in [5.74, 6) is 0. The predicted molar refractivity (Wildman–Crippen MR) is 74.3 cm³/mol. The van der Waals surface area contributed by atoms with Crippen LogP contribution in [0.3, 0.4) is 0 Å². The SMILES string of the molecule is CC(C)(C#N)CNCCc1c[nH]c2ccccc12. The topological polar surface area (TPSA) is 51.6 Å². The van der Waals surface area contributed by atoms with Gasteiger partial charge in [0.1, 0.15) is 0 Å². The molecule has 18 heavy (non-hydrogen) atoms. The van der Waals surface area contributed by atoms with E-state index < -0.39 is 0 Å². The number of H-pyrrole nitrogens is 1. The molecule has 0 atom stereocenters. The van der Waals surface area contributed by atoms with Gasteiger partial charge >= 0.3 is 0 Å². The molecule has 1 aromatic carbocycles. The second kappa shape index (κ2) is 5.24. The van der Waals surface area contributed by atoms with Crippen LogP contribution in [0.2, 0.25) is 0 Å². The lowest BCUT2D eigenvalue weighted by Gasteiger charge is -2.15. The van der Waals surface area contributed by atoms with Gasteiger partial charge in [-0.1, -0.05) is 18.2 Å². The van der Waals surface area contributed by atoms with E-state index in [0.717, 1.165) is 19.5 Å². The van der Waals surface area contributed by atoms with E-state index in [0.29, 0.717) is 0 Å². The van der Waals surface area contributed by atoms with Gasteiger partial charge in [0.25, 0.3) is 0 Å². The fourth-order valence-electron chi connectivity index (χ4n) is 2.00. The Hall–Kier alpha value is -1.79. The van der Waals surface area contributed by atoms with Gasteiger partial charge in [-0.3, -0.25) is 0 Å².